The molecule has 3 unspecified atom stereocenters. The summed E-state index contributed by atoms with van der Waals surface area (Å²) in [6.45, 7) is 1.88. The summed E-state index contributed by atoms with van der Waals surface area (Å²) in [5.74, 6) is 0.509. The number of hydrogen-bond donors (Lipinski definition) is 1. The smallest absolute Gasteiger partial charge is 0.309 e. The number of carbonyl (C=O) groups excluding carboxylic acids is 1. The van der Waals surface area contributed by atoms with E-state index in [0.717, 1.165) is 25.0 Å². The molecule has 1 aliphatic rings. The normalized spacial score (nSPS) is 28.2. The van der Waals surface area contributed by atoms with E-state index >= 15 is 0 Å². The van der Waals surface area contributed by atoms with Crippen molar-refractivity contribution in [3.05, 3.63) is 0 Å². The van der Waals surface area contributed by atoms with E-state index < -0.39 is 0 Å². The maximum Gasteiger partial charge on any atom is 0.309 e. The maximum absolute atomic E-state index is 11.2. The van der Waals surface area contributed by atoms with Gasteiger partial charge in [-0.3, -0.25) is 4.79 Å². The second-order valence-electron chi connectivity index (χ2n) is 4.50. The molecule has 1 rings (SSSR count). The molecule has 0 aliphatic heterocycles. The summed E-state index contributed by atoms with van der Waals surface area (Å²) < 4.78 is 4.69. The van der Waals surface area contributed by atoms with Crippen LogP contribution in [-0.4, -0.2) is 35.3 Å². The number of esters is 1. The van der Waals surface area contributed by atoms with Crippen molar-refractivity contribution in [2.45, 2.75) is 50.4 Å². The predicted octanol–water partition coefficient (Wildman–Crippen LogP) is 2.22. The highest BCUT2D eigenvalue weighted by molar-refractivity contribution is 8.00. The first-order valence-corrected chi connectivity index (χ1v) is 7.07. The molecule has 0 aromatic heterocycles. The Kier molecular flexibility index (Phi) is 6.21. The van der Waals surface area contributed by atoms with E-state index in [-0.39, 0.29) is 18.0 Å². The molecule has 94 valence electrons. The average molecular weight is 246 g/mol. The second kappa shape index (κ2) is 7.17. The summed E-state index contributed by atoms with van der Waals surface area (Å²) in [7, 11) is 1.42. The quantitative estimate of drug-likeness (QED) is 0.610. The van der Waals surface area contributed by atoms with Gasteiger partial charge in [0.05, 0.1) is 19.1 Å². The average Bonchev–Trinajstić information content (AvgIpc) is 2.50. The van der Waals surface area contributed by atoms with Gasteiger partial charge in [0.15, 0.2) is 0 Å². The van der Waals surface area contributed by atoms with Crippen LogP contribution >= 0.6 is 11.8 Å². The van der Waals surface area contributed by atoms with Gasteiger partial charge in [-0.05, 0) is 12.8 Å². The van der Waals surface area contributed by atoms with Crippen LogP contribution in [0.5, 0.6) is 0 Å². The molecule has 0 amide bonds. The van der Waals surface area contributed by atoms with Crippen molar-refractivity contribution in [3.63, 3.8) is 0 Å². The third kappa shape index (κ3) is 4.34. The van der Waals surface area contributed by atoms with Gasteiger partial charge in [0, 0.05) is 11.0 Å². The van der Waals surface area contributed by atoms with Crippen LogP contribution in [0, 0.1) is 5.92 Å². The van der Waals surface area contributed by atoms with E-state index in [1.54, 1.807) is 11.8 Å². The zero-order valence-electron chi connectivity index (χ0n) is 10.1. The Bertz CT molecular complexity index is 220. The number of hydrogen-bond acceptors (Lipinski definition) is 4. The minimum absolute atomic E-state index is 0.0783. The molecule has 3 atom stereocenters. The van der Waals surface area contributed by atoms with Crippen molar-refractivity contribution in [2.24, 2.45) is 5.92 Å². The van der Waals surface area contributed by atoms with Crippen LogP contribution in [0.4, 0.5) is 0 Å². The van der Waals surface area contributed by atoms with E-state index in [4.69, 9.17) is 0 Å². The largest absolute Gasteiger partial charge is 0.469 e. The minimum Gasteiger partial charge on any atom is -0.469 e. The van der Waals surface area contributed by atoms with E-state index in [2.05, 4.69) is 4.74 Å². The van der Waals surface area contributed by atoms with Gasteiger partial charge in [-0.2, -0.15) is 11.8 Å². The topological polar surface area (TPSA) is 46.5 Å². The highest BCUT2D eigenvalue weighted by Gasteiger charge is 2.24. The second-order valence-corrected chi connectivity index (χ2v) is 5.77. The van der Waals surface area contributed by atoms with Crippen molar-refractivity contribution in [2.75, 3.05) is 12.9 Å². The number of aliphatic hydroxyl groups excluding tert-OH is 1. The first kappa shape index (κ1) is 13.8. The molecule has 1 N–H and O–H groups in total. The molecule has 16 heavy (non-hydrogen) atoms. The Morgan fingerprint density at radius 1 is 1.44 bits per heavy atom. The fraction of sp³-hybridized carbons (Fsp3) is 0.917. The van der Waals surface area contributed by atoms with E-state index in [1.165, 1.54) is 20.0 Å². The third-order valence-corrected chi connectivity index (χ3v) is 4.75. The molecule has 0 spiro atoms. The summed E-state index contributed by atoms with van der Waals surface area (Å²) in [5, 5.41) is 10.2. The zero-order valence-corrected chi connectivity index (χ0v) is 11.0. The number of aliphatic hydroxyl groups is 1. The molecule has 1 aliphatic carbocycles. The standard InChI is InChI=1S/C12H22O3S/c1-9(12(14)15-2)8-16-11-7-5-3-4-6-10(11)13/h9-11,13H,3-8H2,1-2H3. The molecule has 0 aromatic rings. The van der Waals surface area contributed by atoms with Crippen LogP contribution in [-0.2, 0) is 9.53 Å². The maximum atomic E-state index is 11.2. The number of ether oxygens (including phenoxy) is 1. The van der Waals surface area contributed by atoms with Crippen LogP contribution < -0.4 is 0 Å². The molecule has 0 radical (unpaired) electrons. The Labute approximate surface area is 102 Å². The zero-order chi connectivity index (χ0) is 12.0. The van der Waals surface area contributed by atoms with Crippen molar-refractivity contribution in [1.82, 2.24) is 0 Å². The molecule has 0 saturated heterocycles. The number of methoxy groups -OCH3 is 1. The molecule has 0 bridgehead atoms. The van der Waals surface area contributed by atoms with E-state index in [0.29, 0.717) is 5.25 Å². The van der Waals surface area contributed by atoms with Gasteiger partial charge in [-0.1, -0.05) is 26.2 Å². The lowest BCUT2D eigenvalue weighted by Crippen LogP contribution is -2.24. The lowest BCUT2D eigenvalue weighted by atomic mass is 10.1. The van der Waals surface area contributed by atoms with Gasteiger partial charge in [0.25, 0.3) is 0 Å². The van der Waals surface area contributed by atoms with Gasteiger partial charge >= 0.3 is 5.97 Å². The van der Waals surface area contributed by atoms with Gasteiger partial charge in [0.1, 0.15) is 0 Å². The number of thioether (sulfide) groups is 1. The highest BCUT2D eigenvalue weighted by atomic mass is 32.2. The Hall–Kier alpha value is -0.220. The molecule has 3 nitrogen and oxygen atoms in total. The predicted molar refractivity (Wildman–Crippen MR) is 66.5 cm³/mol. The Balaban J connectivity index is 2.32. The molecule has 4 heteroatoms. The fourth-order valence-electron chi connectivity index (χ4n) is 1.99. The number of rotatable bonds is 4. The summed E-state index contributed by atoms with van der Waals surface area (Å²) in [6.07, 6.45) is 5.33. The fourth-order valence-corrected chi connectivity index (χ4v) is 3.35. The first-order chi connectivity index (χ1) is 7.65. The lowest BCUT2D eigenvalue weighted by molar-refractivity contribution is -0.144. The first-order valence-electron chi connectivity index (χ1n) is 6.02. The van der Waals surface area contributed by atoms with Crippen LogP contribution in [0.3, 0.4) is 0 Å². The van der Waals surface area contributed by atoms with Crippen LogP contribution in [0.15, 0.2) is 0 Å². The van der Waals surface area contributed by atoms with E-state index in [9.17, 15) is 9.90 Å². The van der Waals surface area contributed by atoms with Gasteiger partial charge < -0.3 is 9.84 Å². The van der Waals surface area contributed by atoms with Crippen LogP contribution in [0.1, 0.15) is 39.0 Å². The van der Waals surface area contributed by atoms with Crippen molar-refractivity contribution in [3.8, 4) is 0 Å². The van der Waals surface area contributed by atoms with Crippen molar-refractivity contribution < 1.29 is 14.6 Å². The molecular weight excluding hydrogens is 224 g/mol. The molecular formula is C12H22O3S. The SMILES string of the molecule is COC(=O)C(C)CSC1CCCCCC1O. The summed E-state index contributed by atoms with van der Waals surface area (Å²) >= 11 is 1.72. The van der Waals surface area contributed by atoms with E-state index in [1.807, 2.05) is 6.92 Å². The van der Waals surface area contributed by atoms with Gasteiger partial charge in [0.2, 0.25) is 0 Å². The number of carbonyl (C=O) groups is 1. The third-order valence-electron chi connectivity index (χ3n) is 3.08. The van der Waals surface area contributed by atoms with Crippen molar-refractivity contribution in [1.29, 1.82) is 0 Å². The molecule has 0 aromatic carbocycles. The minimum atomic E-state index is -0.197. The summed E-state index contributed by atoms with van der Waals surface area (Å²) in [6, 6.07) is 0. The highest BCUT2D eigenvalue weighted by Crippen LogP contribution is 2.29. The van der Waals surface area contributed by atoms with Crippen molar-refractivity contribution >= 4 is 17.7 Å². The summed E-state index contributed by atoms with van der Waals surface area (Å²) in [5.41, 5.74) is 0. The monoisotopic (exact) mass is 246 g/mol. The van der Waals surface area contributed by atoms with Gasteiger partial charge in [-0.25, -0.2) is 0 Å². The Morgan fingerprint density at radius 2 is 2.12 bits per heavy atom. The molecule has 0 heterocycles. The van der Waals surface area contributed by atoms with Crippen LogP contribution in [0.25, 0.3) is 0 Å². The molecule has 1 fully saturated rings. The van der Waals surface area contributed by atoms with Crippen LogP contribution in [0.2, 0.25) is 0 Å². The molecule has 1 saturated carbocycles. The van der Waals surface area contributed by atoms with Gasteiger partial charge in [-0.15, -0.1) is 0 Å². The lowest BCUT2D eigenvalue weighted by Gasteiger charge is -2.20. The Morgan fingerprint density at radius 3 is 2.81 bits per heavy atom. The summed E-state index contributed by atoms with van der Waals surface area (Å²) in [4.78, 5) is 11.2.